The third-order valence-corrected chi connectivity index (χ3v) is 1.63. The fourth-order valence-electron chi connectivity index (χ4n) is 1.07. The van der Waals surface area contributed by atoms with Crippen molar-refractivity contribution in [1.29, 1.82) is 0 Å². The molecule has 0 saturated heterocycles. The van der Waals surface area contributed by atoms with E-state index in [0.29, 0.717) is 5.69 Å². The second-order valence-corrected chi connectivity index (χ2v) is 3.11. The molecule has 0 bridgehead atoms. The number of hydrogen-bond acceptors (Lipinski definition) is 6. The summed E-state index contributed by atoms with van der Waals surface area (Å²) in [6.07, 6.45) is 2.72. The Morgan fingerprint density at radius 1 is 1.12 bits per heavy atom. The van der Waals surface area contributed by atoms with Gasteiger partial charge in [0.2, 0.25) is 17.8 Å². The second-order valence-electron chi connectivity index (χ2n) is 3.11. The summed E-state index contributed by atoms with van der Waals surface area (Å²) in [5, 5.41) is 0. The first-order valence-electron chi connectivity index (χ1n) is 4.38. The predicted molar refractivity (Wildman–Crippen MR) is 57.0 cm³/mol. The lowest BCUT2D eigenvalue weighted by atomic mass is 10.4. The van der Waals surface area contributed by atoms with Crippen LogP contribution in [-0.2, 0) is 9.59 Å². The molecule has 0 unspecified atom stereocenters. The normalized spacial score (nSPS) is 9.75. The fourth-order valence-corrected chi connectivity index (χ4v) is 1.07. The number of primary amides is 2. The lowest BCUT2D eigenvalue weighted by molar-refractivity contribution is -0.117. The van der Waals surface area contributed by atoms with Gasteiger partial charge in [-0.3, -0.25) is 9.59 Å². The molecule has 1 aromatic heterocycles. The molecule has 6 N–H and O–H groups in total. The van der Waals surface area contributed by atoms with Crippen LogP contribution in [0.4, 0.5) is 11.6 Å². The molecule has 0 saturated carbocycles. The molecule has 0 aliphatic carbocycles. The highest BCUT2D eigenvalue weighted by molar-refractivity contribution is 5.83. The van der Waals surface area contributed by atoms with Crippen molar-refractivity contribution in [3.05, 3.63) is 12.4 Å². The zero-order chi connectivity index (χ0) is 12.1. The molecule has 1 heterocycles. The number of rotatable bonds is 5. The fraction of sp³-hybridized carbons (Fsp3) is 0.250. The van der Waals surface area contributed by atoms with Crippen LogP contribution in [0.15, 0.2) is 12.4 Å². The standard InChI is InChI=1S/C8H12N6O2/c9-5-1-12-8(13-2-5)14(3-6(10)15)4-7(11)16/h1-2H,3-4,9H2,(H2,10,15)(H2,11,16). The van der Waals surface area contributed by atoms with E-state index in [9.17, 15) is 9.59 Å². The van der Waals surface area contributed by atoms with Gasteiger partial charge in [0.1, 0.15) is 13.1 Å². The van der Waals surface area contributed by atoms with Crippen molar-refractivity contribution in [3.8, 4) is 0 Å². The van der Waals surface area contributed by atoms with Crippen LogP contribution in [0.2, 0.25) is 0 Å². The molecule has 0 atom stereocenters. The summed E-state index contributed by atoms with van der Waals surface area (Å²) in [5.74, 6) is -1.05. The molecule has 0 fully saturated rings. The Morgan fingerprint density at radius 3 is 1.94 bits per heavy atom. The molecule has 1 rings (SSSR count). The Hall–Kier alpha value is -2.38. The molecule has 8 nitrogen and oxygen atoms in total. The van der Waals surface area contributed by atoms with Crippen LogP contribution in [0.1, 0.15) is 0 Å². The quantitative estimate of drug-likeness (QED) is 0.520. The first-order valence-corrected chi connectivity index (χ1v) is 4.38. The topological polar surface area (TPSA) is 141 Å². The van der Waals surface area contributed by atoms with Crippen LogP contribution in [-0.4, -0.2) is 34.9 Å². The number of carbonyl (C=O) groups excluding carboxylic acids is 2. The number of nitrogens with zero attached hydrogens (tertiary/aromatic N) is 3. The van der Waals surface area contributed by atoms with Gasteiger partial charge >= 0.3 is 0 Å². The zero-order valence-corrected chi connectivity index (χ0v) is 8.46. The van der Waals surface area contributed by atoms with Gasteiger partial charge in [0.15, 0.2) is 0 Å². The number of nitrogen functional groups attached to an aromatic ring is 1. The van der Waals surface area contributed by atoms with E-state index in [2.05, 4.69) is 9.97 Å². The molecule has 2 amide bonds. The smallest absolute Gasteiger partial charge is 0.237 e. The van der Waals surface area contributed by atoms with Gasteiger partial charge in [0.25, 0.3) is 0 Å². The van der Waals surface area contributed by atoms with Gasteiger partial charge in [-0.25, -0.2) is 9.97 Å². The number of hydrogen-bond donors (Lipinski definition) is 3. The zero-order valence-electron chi connectivity index (χ0n) is 8.46. The van der Waals surface area contributed by atoms with E-state index < -0.39 is 11.8 Å². The molecule has 86 valence electrons. The summed E-state index contributed by atoms with van der Waals surface area (Å²) in [6, 6.07) is 0. The number of nitrogens with two attached hydrogens (primary N) is 3. The van der Waals surface area contributed by atoms with E-state index in [0.717, 1.165) is 0 Å². The number of aromatic nitrogens is 2. The van der Waals surface area contributed by atoms with Gasteiger partial charge in [0, 0.05) is 0 Å². The van der Waals surface area contributed by atoms with Crippen molar-refractivity contribution >= 4 is 23.5 Å². The maximum absolute atomic E-state index is 10.8. The number of anilines is 2. The monoisotopic (exact) mass is 224 g/mol. The third-order valence-electron chi connectivity index (χ3n) is 1.63. The molecule has 0 radical (unpaired) electrons. The van der Waals surface area contributed by atoms with Crippen LogP contribution in [0.25, 0.3) is 0 Å². The SMILES string of the molecule is NC(=O)CN(CC(N)=O)c1ncc(N)cn1. The van der Waals surface area contributed by atoms with Gasteiger partial charge in [-0.05, 0) is 0 Å². The van der Waals surface area contributed by atoms with E-state index >= 15 is 0 Å². The van der Waals surface area contributed by atoms with Crippen molar-refractivity contribution in [2.24, 2.45) is 11.5 Å². The second kappa shape index (κ2) is 4.91. The van der Waals surface area contributed by atoms with Crippen molar-refractivity contribution in [2.75, 3.05) is 23.7 Å². The Kier molecular flexibility index (Phi) is 3.59. The van der Waals surface area contributed by atoms with Crippen LogP contribution >= 0.6 is 0 Å². The van der Waals surface area contributed by atoms with Crippen LogP contribution < -0.4 is 22.1 Å². The first-order chi connectivity index (χ1) is 7.49. The Morgan fingerprint density at radius 2 is 1.56 bits per heavy atom. The Bertz CT molecular complexity index is 374. The summed E-state index contributed by atoms with van der Waals surface area (Å²) >= 11 is 0. The van der Waals surface area contributed by atoms with Crippen LogP contribution in [0, 0.1) is 0 Å². The van der Waals surface area contributed by atoms with Gasteiger partial charge < -0.3 is 22.1 Å². The molecular formula is C8H12N6O2. The minimum atomic E-state index is -0.610. The molecule has 1 aromatic rings. The minimum absolute atomic E-state index is 0.173. The molecule has 16 heavy (non-hydrogen) atoms. The van der Waals surface area contributed by atoms with Gasteiger partial charge in [0.05, 0.1) is 18.1 Å². The highest BCUT2D eigenvalue weighted by Crippen LogP contribution is 2.06. The molecular weight excluding hydrogens is 212 g/mol. The summed E-state index contributed by atoms with van der Waals surface area (Å²) in [4.78, 5) is 30.5. The lowest BCUT2D eigenvalue weighted by Gasteiger charge is -2.18. The van der Waals surface area contributed by atoms with Crippen LogP contribution in [0.3, 0.4) is 0 Å². The summed E-state index contributed by atoms with van der Waals surface area (Å²) < 4.78 is 0. The van der Waals surface area contributed by atoms with Crippen molar-refractivity contribution in [2.45, 2.75) is 0 Å². The highest BCUT2D eigenvalue weighted by atomic mass is 16.2. The summed E-state index contributed by atoms with van der Waals surface area (Å²) in [7, 11) is 0. The average Bonchev–Trinajstić information content (AvgIpc) is 2.16. The molecule has 0 aromatic carbocycles. The van der Waals surface area contributed by atoms with E-state index in [4.69, 9.17) is 17.2 Å². The first kappa shape index (κ1) is 11.7. The van der Waals surface area contributed by atoms with E-state index in [1.165, 1.54) is 17.3 Å². The lowest BCUT2D eigenvalue weighted by Crippen LogP contribution is -2.40. The van der Waals surface area contributed by atoms with E-state index in [1.54, 1.807) is 0 Å². The summed E-state index contributed by atoms with van der Waals surface area (Å²) in [5.41, 5.74) is 15.8. The van der Waals surface area contributed by atoms with E-state index in [1.807, 2.05) is 0 Å². The van der Waals surface area contributed by atoms with E-state index in [-0.39, 0.29) is 19.0 Å². The third kappa shape index (κ3) is 3.40. The Labute approximate surface area is 91.4 Å². The maximum atomic E-state index is 10.8. The highest BCUT2D eigenvalue weighted by Gasteiger charge is 2.14. The summed E-state index contributed by atoms with van der Waals surface area (Å²) in [6.45, 7) is -0.375. The van der Waals surface area contributed by atoms with Crippen molar-refractivity contribution < 1.29 is 9.59 Å². The van der Waals surface area contributed by atoms with Crippen molar-refractivity contribution in [3.63, 3.8) is 0 Å². The van der Waals surface area contributed by atoms with Crippen LogP contribution in [0.5, 0.6) is 0 Å². The average molecular weight is 224 g/mol. The predicted octanol–water partition coefficient (Wildman–Crippen LogP) is -2.16. The Balaban J connectivity index is 2.86. The molecule has 0 aliphatic heterocycles. The number of carbonyl (C=O) groups is 2. The van der Waals surface area contributed by atoms with Crippen molar-refractivity contribution in [1.82, 2.24) is 9.97 Å². The van der Waals surface area contributed by atoms with Gasteiger partial charge in [-0.15, -0.1) is 0 Å². The molecule has 0 spiro atoms. The van der Waals surface area contributed by atoms with Gasteiger partial charge in [-0.1, -0.05) is 0 Å². The largest absolute Gasteiger partial charge is 0.396 e. The maximum Gasteiger partial charge on any atom is 0.237 e. The molecule has 8 heteroatoms. The van der Waals surface area contributed by atoms with Gasteiger partial charge in [-0.2, -0.15) is 0 Å². The molecule has 0 aliphatic rings. The number of amides is 2. The minimum Gasteiger partial charge on any atom is -0.396 e.